The minimum Gasteiger partial charge on any atom is -0.480 e. The van der Waals surface area contributed by atoms with Crippen LogP contribution in [0.15, 0.2) is 11.8 Å². The summed E-state index contributed by atoms with van der Waals surface area (Å²) in [7, 11) is 0. The second-order valence-electron chi connectivity index (χ2n) is 6.04. The average molecular weight is 323 g/mol. The molecule has 0 bridgehead atoms. The number of carbonyl (C=O) groups is 2. The lowest BCUT2D eigenvalue weighted by molar-refractivity contribution is -0.141. The maximum Gasteiger partial charge on any atom is 0.326 e. The monoisotopic (exact) mass is 323 g/mol. The van der Waals surface area contributed by atoms with Crippen LogP contribution in [-0.4, -0.2) is 41.0 Å². The number of hydrogen-bond donors (Lipinski definition) is 2. The van der Waals surface area contributed by atoms with E-state index in [4.69, 9.17) is 0 Å². The van der Waals surface area contributed by atoms with Gasteiger partial charge in [-0.25, -0.2) is 4.79 Å². The molecular weight excluding hydrogens is 294 g/mol. The van der Waals surface area contributed by atoms with Gasteiger partial charge in [-0.05, 0) is 25.2 Å². The molecule has 0 rings (SSSR count). The molecule has 0 saturated heterocycles. The molecule has 0 saturated carbocycles. The van der Waals surface area contributed by atoms with Gasteiger partial charge in [-0.2, -0.15) is 5.26 Å². The minimum absolute atomic E-state index is 0.0513. The van der Waals surface area contributed by atoms with E-state index >= 15 is 0 Å². The molecule has 0 fully saturated rings. The Hall–Kier alpha value is -2.03. The van der Waals surface area contributed by atoms with Crippen LogP contribution in [0, 0.1) is 17.2 Å². The molecule has 0 aliphatic rings. The van der Waals surface area contributed by atoms with Crippen LogP contribution in [0.4, 0.5) is 0 Å². The van der Waals surface area contributed by atoms with Gasteiger partial charge in [0, 0.05) is 19.3 Å². The minimum atomic E-state index is -1.08. The van der Waals surface area contributed by atoms with Crippen molar-refractivity contribution in [1.82, 2.24) is 10.2 Å². The normalized spacial score (nSPS) is 12.6. The lowest BCUT2D eigenvalue weighted by Crippen LogP contribution is -2.42. The van der Waals surface area contributed by atoms with Crippen molar-refractivity contribution in [2.75, 3.05) is 13.1 Å². The number of carboxylic acids is 1. The first-order chi connectivity index (χ1) is 10.8. The molecule has 6 heteroatoms. The quantitative estimate of drug-likeness (QED) is 0.450. The molecule has 130 valence electrons. The zero-order chi connectivity index (χ0) is 17.8. The molecule has 0 spiro atoms. The molecule has 0 radical (unpaired) electrons. The molecular formula is C17H29N3O3. The van der Waals surface area contributed by atoms with Gasteiger partial charge in [0.15, 0.2) is 0 Å². The van der Waals surface area contributed by atoms with E-state index in [1.165, 1.54) is 0 Å². The Kier molecular flexibility index (Phi) is 10.5. The van der Waals surface area contributed by atoms with Crippen molar-refractivity contribution in [1.29, 1.82) is 5.26 Å². The fraction of sp³-hybridized carbons (Fsp3) is 0.706. The van der Waals surface area contributed by atoms with Gasteiger partial charge in [-0.3, -0.25) is 4.79 Å². The number of nitrogens with zero attached hydrogens (tertiary/aromatic N) is 2. The van der Waals surface area contributed by atoms with Crippen LogP contribution in [0.3, 0.4) is 0 Å². The maximum atomic E-state index is 12.2. The molecule has 2 N–H and O–H groups in total. The molecule has 23 heavy (non-hydrogen) atoms. The van der Waals surface area contributed by atoms with Gasteiger partial charge in [-0.15, -0.1) is 0 Å². The Morgan fingerprint density at radius 2 is 1.91 bits per heavy atom. The standard InChI is InChI=1S/C17H29N3O3/c1-5-7-9-20(8-6-2)12-14(11-18)16(21)19-15(17(22)23)10-13(3)4/h12-13,15H,5-10H2,1-4H3,(H,19,21)(H,22,23)/b14-12-. The first kappa shape index (κ1) is 21.0. The first-order valence-corrected chi connectivity index (χ1v) is 8.25. The zero-order valence-electron chi connectivity index (χ0n) is 14.6. The third-order valence-electron chi connectivity index (χ3n) is 3.30. The molecule has 1 amide bonds. The number of nitrogens with one attached hydrogen (secondary N) is 1. The van der Waals surface area contributed by atoms with E-state index in [0.29, 0.717) is 6.42 Å². The van der Waals surface area contributed by atoms with E-state index in [-0.39, 0.29) is 11.5 Å². The van der Waals surface area contributed by atoms with Crippen LogP contribution < -0.4 is 5.32 Å². The van der Waals surface area contributed by atoms with Crippen molar-refractivity contribution in [2.24, 2.45) is 5.92 Å². The molecule has 1 atom stereocenters. The van der Waals surface area contributed by atoms with Crippen LogP contribution in [0.5, 0.6) is 0 Å². The van der Waals surface area contributed by atoms with Crippen LogP contribution in [-0.2, 0) is 9.59 Å². The molecule has 0 aromatic heterocycles. The van der Waals surface area contributed by atoms with Crippen LogP contribution in [0.25, 0.3) is 0 Å². The summed E-state index contributed by atoms with van der Waals surface area (Å²) in [5.41, 5.74) is -0.0513. The second-order valence-corrected chi connectivity index (χ2v) is 6.04. The molecule has 0 heterocycles. The maximum absolute atomic E-state index is 12.2. The van der Waals surface area contributed by atoms with Gasteiger partial charge in [0.05, 0.1) is 0 Å². The Morgan fingerprint density at radius 1 is 1.26 bits per heavy atom. The van der Waals surface area contributed by atoms with Crippen molar-refractivity contribution < 1.29 is 14.7 Å². The summed E-state index contributed by atoms with van der Waals surface area (Å²) in [6.07, 6.45) is 4.78. The number of carboxylic acid groups (broad SMARTS) is 1. The Morgan fingerprint density at radius 3 is 2.35 bits per heavy atom. The summed E-state index contributed by atoms with van der Waals surface area (Å²) in [5, 5.41) is 20.8. The van der Waals surface area contributed by atoms with Crippen molar-refractivity contribution in [3.05, 3.63) is 11.8 Å². The highest BCUT2D eigenvalue weighted by molar-refractivity contribution is 5.99. The second kappa shape index (κ2) is 11.5. The van der Waals surface area contributed by atoms with Crippen molar-refractivity contribution >= 4 is 11.9 Å². The summed E-state index contributed by atoms with van der Waals surface area (Å²) < 4.78 is 0. The Labute approximate surface area is 139 Å². The average Bonchev–Trinajstić information content (AvgIpc) is 2.48. The molecule has 0 aromatic carbocycles. The SMILES string of the molecule is CCCCN(/C=C(/C#N)C(=O)NC(CC(C)C)C(=O)O)CCC. The number of aliphatic carboxylic acids is 1. The number of hydrogen-bond acceptors (Lipinski definition) is 4. The van der Waals surface area contributed by atoms with Gasteiger partial charge in [0.25, 0.3) is 5.91 Å². The van der Waals surface area contributed by atoms with Crippen LogP contribution in [0.2, 0.25) is 0 Å². The van der Waals surface area contributed by atoms with Gasteiger partial charge in [-0.1, -0.05) is 34.1 Å². The van der Waals surface area contributed by atoms with Gasteiger partial charge in [0.1, 0.15) is 17.7 Å². The van der Waals surface area contributed by atoms with E-state index in [0.717, 1.165) is 32.4 Å². The Bertz CT molecular complexity index is 452. The van der Waals surface area contributed by atoms with Gasteiger partial charge >= 0.3 is 5.97 Å². The van der Waals surface area contributed by atoms with E-state index in [2.05, 4.69) is 12.2 Å². The molecule has 6 nitrogen and oxygen atoms in total. The van der Waals surface area contributed by atoms with Crippen molar-refractivity contribution in [2.45, 2.75) is 59.4 Å². The predicted octanol–water partition coefficient (Wildman–Crippen LogP) is 2.52. The molecule has 0 aliphatic heterocycles. The highest BCUT2D eigenvalue weighted by Gasteiger charge is 2.23. The summed E-state index contributed by atoms with van der Waals surface area (Å²) >= 11 is 0. The third-order valence-corrected chi connectivity index (χ3v) is 3.30. The highest BCUT2D eigenvalue weighted by Crippen LogP contribution is 2.07. The van der Waals surface area contributed by atoms with E-state index in [1.54, 1.807) is 6.20 Å². The van der Waals surface area contributed by atoms with Crippen molar-refractivity contribution in [3.63, 3.8) is 0 Å². The van der Waals surface area contributed by atoms with E-state index in [1.807, 2.05) is 31.7 Å². The summed E-state index contributed by atoms with van der Waals surface area (Å²) in [5.74, 6) is -1.58. The largest absolute Gasteiger partial charge is 0.480 e. The first-order valence-electron chi connectivity index (χ1n) is 8.25. The fourth-order valence-corrected chi connectivity index (χ4v) is 2.14. The Balaban J connectivity index is 5.03. The number of nitriles is 1. The number of unbranched alkanes of at least 4 members (excludes halogenated alkanes) is 1. The summed E-state index contributed by atoms with van der Waals surface area (Å²) in [4.78, 5) is 25.4. The topological polar surface area (TPSA) is 93.4 Å². The predicted molar refractivity (Wildman–Crippen MR) is 89.5 cm³/mol. The smallest absolute Gasteiger partial charge is 0.326 e. The lowest BCUT2D eigenvalue weighted by atomic mass is 10.0. The van der Waals surface area contributed by atoms with E-state index < -0.39 is 17.9 Å². The van der Waals surface area contributed by atoms with Crippen LogP contribution >= 0.6 is 0 Å². The molecule has 0 aliphatic carbocycles. The molecule has 0 aromatic rings. The fourth-order valence-electron chi connectivity index (χ4n) is 2.14. The molecule has 1 unspecified atom stereocenters. The summed E-state index contributed by atoms with van der Waals surface area (Å²) in [6, 6.07) is 0.902. The van der Waals surface area contributed by atoms with Crippen molar-refractivity contribution in [3.8, 4) is 6.07 Å². The number of rotatable bonds is 11. The van der Waals surface area contributed by atoms with Gasteiger partial charge in [0.2, 0.25) is 0 Å². The highest BCUT2D eigenvalue weighted by atomic mass is 16.4. The lowest BCUT2D eigenvalue weighted by Gasteiger charge is -2.20. The third kappa shape index (κ3) is 8.87. The van der Waals surface area contributed by atoms with Crippen LogP contribution in [0.1, 0.15) is 53.4 Å². The number of amides is 1. The van der Waals surface area contributed by atoms with E-state index in [9.17, 15) is 20.0 Å². The van der Waals surface area contributed by atoms with Gasteiger partial charge < -0.3 is 15.3 Å². The zero-order valence-corrected chi connectivity index (χ0v) is 14.6. The summed E-state index contributed by atoms with van der Waals surface area (Å²) in [6.45, 7) is 9.41. The number of carbonyl (C=O) groups excluding carboxylic acids is 1.